The number of esters is 1. The van der Waals surface area contributed by atoms with Crippen molar-refractivity contribution in [1.82, 2.24) is 4.90 Å². The zero-order valence-electron chi connectivity index (χ0n) is 12.0. The number of anilines is 1. The maximum absolute atomic E-state index is 12.2. The van der Waals surface area contributed by atoms with Crippen molar-refractivity contribution in [3.05, 3.63) is 28.2 Å². The van der Waals surface area contributed by atoms with E-state index in [0.717, 1.165) is 6.42 Å². The highest BCUT2D eigenvalue weighted by molar-refractivity contribution is 6.35. The highest BCUT2D eigenvalue weighted by Gasteiger charge is 2.17. The summed E-state index contributed by atoms with van der Waals surface area (Å²) >= 11 is 11.8. The second kappa shape index (κ2) is 8.74. The number of carbonyl (C=O) groups excluding carboxylic acids is 2. The van der Waals surface area contributed by atoms with Gasteiger partial charge in [-0.3, -0.25) is 4.79 Å². The van der Waals surface area contributed by atoms with E-state index in [0.29, 0.717) is 22.3 Å². The quantitative estimate of drug-likeness (QED) is 0.806. The highest BCUT2D eigenvalue weighted by atomic mass is 35.5. The number of ether oxygens (including phenoxy) is 1. The fourth-order valence-electron chi connectivity index (χ4n) is 1.71. The summed E-state index contributed by atoms with van der Waals surface area (Å²) in [5, 5.41) is 3.51. The summed E-state index contributed by atoms with van der Waals surface area (Å²) in [6, 6.07) is 4.34. The van der Waals surface area contributed by atoms with Crippen molar-refractivity contribution >= 4 is 40.9 Å². The third-order valence-corrected chi connectivity index (χ3v) is 2.96. The summed E-state index contributed by atoms with van der Waals surface area (Å²) in [6.45, 7) is 4.27. The lowest BCUT2D eigenvalue weighted by atomic mass is 10.3. The van der Waals surface area contributed by atoms with E-state index in [4.69, 9.17) is 27.9 Å². The van der Waals surface area contributed by atoms with Crippen molar-refractivity contribution in [3.63, 3.8) is 0 Å². The zero-order chi connectivity index (χ0) is 15.8. The molecule has 0 aliphatic carbocycles. The Hall–Kier alpha value is -1.46. The van der Waals surface area contributed by atoms with Gasteiger partial charge in [0.05, 0.1) is 6.61 Å². The number of hydrogen-bond donors (Lipinski definition) is 1. The number of halogens is 2. The molecule has 0 saturated heterocycles. The molecule has 5 nitrogen and oxygen atoms in total. The summed E-state index contributed by atoms with van der Waals surface area (Å²) in [7, 11) is 0. The van der Waals surface area contributed by atoms with Crippen molar-refractivity contribution in [3.8, 4) is 0 Å². The Morgan fingerprint density at radius 3 is 2.33 bits per heavy atom. The van der Waals surface area contributed by atoms with Crippen LogP contribution in [0.3, 0.4) is 0 Å². The number of nitrogens with one attached hydrogen (secondary N) is 1. The van der Waals surface area contributed by atoms with Gasteiger partial charge in [-0.25, -0.2) is 4.79 Å². The third-order valence-electron chi connectivity index (χ3n) is 2.52. The molecule has 21 heavy (non-hydrogen) atoms. The van der Waals surface area contributed by atoms with Gasteiger partial charge in [0, 0.05) is 22.3 Å². The predicted molar refractivity (Wildman–Crippen MR) is 84.0 cm³/mol. The standard InChI is InChI=1S/C14H18Cl2N2O3/c1-3-5-18(9-13(19)21-4-2)14(20)17-12-7-10(15)6-11(16)8-12/h6-8H,3-5,9H2,1-2H3,(H,17,20). The van der Waals surface area contributed by atoms with E-state index < -0.39 is 12.0 Å². The van der Waals surface area contributed by atoms with E-state index in [1.54, 1.807) is 25.1 Å². The number of amides is 2. The zero-order valence-corrected chi connectivity index (χ0v) is 13.5. The first-order chi connectivity index (χ1) is 9.96. The topological polar surface area (TPSA) is 58.6 Å². The average Bonchev–Trinajstić information content (AvgIpc) is 2.37. The SMILES string of the molecule is CCCN(CC(=O)OCC)C(=O)Nc1cc(Cl)cc(Cl)c1. The first-order valence-electron chi connectivity index (χ1n) is 6.63. The lowest BCUT2D eigenvalue weighted by Crippen LogP contribution is -2.39. The Morgan fingerprint density at radius 2 is 1.81 bits per heavy atom. The minimum Gasteiger partial charge on any atom is -0.465 e. The molecule has 0 heterocycles. The van der Waals surface area contributed by atoms with Gasteiger partial charge >= 0.3 is 12.0 Å². The van der Waals surface area contributed by atoms with Crippen LogP contribution in [0.2, 0.25) is 10.0 Å². The fraction of sp³-hybridized carbons (Fsp3) is 0.429. The average molecular weight is 333 g/mol. The van der Waals surface area contributed by atoms with Crippen LogP contribution in [0.1, 0.15) is 20.3 Å². The molecule has 1 aromatic carbocycles. The molecule has 1 rings (SSSR count). The number of urea groups is 1. The van der Waals surface area contributed by atoms with Crippen LogP contribution in [0, 0.1) is 0 Å². The molecule has 0 spiro atoms. The molecular formula is C14H18Cl2N2O3. The number of benzene rings is 1. The van der Waals surface area contributed by atoms with Crippen LogP contribution >= 0.6 is 23.2 Å². The second-order valence-corrected chi connectivity index (χ2v) is 5.19. The fourth-order valence-corrected chi connectivity index (χ4v) is 2.24. The van der Waals surface area contributed by atoms with Gasteiger partial charge in [0.25, 0.3) is 0 Å². The van der Waals surface area contributed by atoms with E-state index in [1.807, 2.05) is 6.92 Å². The molecule has 0 unspecified atom stereocenters. The Morgan fingerprint density at radius 1 is 1.19 bits per heavy atom. The molecule has 0 bridgehead atoms. The number of nitrogens with zero attached hydrogens (tertiary/aromatic N) is 1. The first kappa shape index (κ1) is 17.6. The summed E-state index contributed by atoms with van der Waals surface area (Å²) < 4.78 is 4.85. The van der Waals surface area contributed by atoms with Gasteiger partial charge in [-0.05, 0) is 31.5 Å². The van der Waals surface area contributed by atoms with Crippen LogP contribution in [-0.2, 0) is 9.53 Å². The molecule has 1 N–H and O–H groups in total. The predicted octanol–water partition coefficient (Wildman–Crippen LogP) is 3.80. The summed E-state index contributed by atoms with van der Waals surface area (Å²) in [5.41, 5.74) is 0.475. The van der Waals surface area contributed by atoms with Crippen molar-refractivity contribution in [2.24, 2.45) is 0 Å². The van der Waals surface area contributed by atoms with Crippen molar-refractivity contribution < 1.29 is 14.3 Å². The summed E-state index contributed by atoms with van der Waals surface area (Å²) in [5.74, 6) is -0.440. The lowest BCUT2D eigenvalue weighted by molar-refractivity contribution is -0.143. The van der Waals surface area contributed by atoms with E-state index in [9.17, 15) is 9.59 Å². The van der Waals surface area contributed by atoms with Gasteiger partial charge in [-0.2, -0.15) is 0 Å². The van der Waals surface area contributed by atoms with E-state index in [2.05, 4.69) is 5.32 Å². The molecule has 0 radical (unpaired) electrons. The van der Waals surface area contributed by atoms with Gasteiger partial charge < -0.3 is 15.0 Å². The summed E-state index contributed by atoms with van der Waals surface area (Å²) in [6.07, 6.45) is 0.725. The molecule has 0 atom stereocenters. The molecule has 116 valence electrons. The molecule has 1 aromatic rings. The van der Waals surface area contributed by atoms with Crippen molar-refractivity contribution in [2.75, 3.05) is 25.0 Å². The third kappa shape index (κ3) is 6.23. The Labute approximate surface area is 134 Å². The minimum atomic E-state index is -0.440. The second-order valence-electron chi connectivity index (χ2n) is 4.31. The maximum Gasteiger partial charge on any atom is 0.325 e. The molecule has 2 amide bonds. The van der Waals surface area contributed by atoms with E-state index >= 15 is 0 Å². The van der Waals surface area contributed by atoms with Crippen LogP contribution < -0.4 is 5.32 Å². The molecular weight excluding hydrogens is 315 g/mol. The Bertz CT molecular complexity index is 489. The van der Waals surface area contributed by atoms with Gasteiger partial charge in [0.2, 0.25) is 0 Å². The Kier molecular flexibility index (Phi) is 7.32. The van der Waals surface area contributed by atoms with Gasteiger partial charge in [0.1, 0.15) is 6.54 Å². The minimum absolute atomic E-state index is 0.0954. The molecule has 0 saturated carbocycles. The number of carbonyl (C=O) groups is 2. The Balaban J connectivity index is 2.73. The highest BCUT2D eigenvalue weighted by Crippen LogP contribution is 2.22. The lowest BCUT2D eigenvalue weighted by Gasteiger charge is -2.21. The maximum atomic E-state index is 12.2. The molecule has 0 aliphatic rings. The van der Waals surface area contributed by atoms with Gasteiger partial charge in [-0.1, -0.05) is 30.1 Å². The van der Waals surface area contributed by atoms with Crippen LogP contribution in [0.25, 0.3) is 0 Å². The van der Waals surface area contributed by atoms with Crippen molar-refractivity contribution in [1.29, 1.82) is 0 Å². The van der Waals surface area contributed by atoms with E-state index in [-0.39, 0.29) is 13.2 Å². The van der Waals surface area contributed by atoms with Crippen LogP contribution in [-0.4, -0.2) is 36.6 Å². The van der Waals surface area contributed by atoms with Crippen LogP contribution in [0.15, 0.2) is 18.2 Å². The molecule has 0 fully saturated rings. The largest absolute Gasteiger partial charge is 0.465 e. The summed E-state index contributed by atoms with van der Waals surface area (Å²) in [4.78, 5) is 25.1. The molecule has 0 aliphatic heterocycles. The monoisotopic (exact) mass is 332 g/mol. The van der Waals surface area contributed by atoms with Gasteiger partial charge in [-0.15, -0.1) is 0 Å². The smallest absolute Gasteiger partial charge is 0.325 e. The normalized spacial score (nSPS) is 10.1. The van der Waals surface area contributed by atoms with Crippen LogP contribution in [0.5, 0.6) is 0 Å². The first-order valence-corrected chi connectivity index (χ1v) is 7.39. The van der Waals surface area contributed by atoms with Crippen LogP contribution in [0.4, 0.5) is 10.5 Å². The van der Waals surface area contributed by atoms with Crippen molar-refractivity contribution in [2.45, 2.75) is 20.3 Å². The molecule has 7 heteroatoms. The van der Waals surface area contributed by atoms with E-state index in [1.165, 1.54) is 4.90 Å². The number of rotatable bonds is 6. The van der Waals surface area contributed by atoms with Gasteiger partial charge in [0.15, 0.2) is 0 Å². The number of hydrogen-bond acceptors (Lipinski definition) is 3. The molecule has 0 aromatic heterocycles.